The molecule has 0 saturated carbocycles. The van der Waals surface area contributed by atoms with Crippen LogP contribution in [0.2, 0.25) is 0 Å². The van der Waals surface area contributed by atoms with Gasteiger partial charge in [-0.2, -0.15) is 0 Å². The fourth-order valence-electron chi connectivity index (χ4n) is 2.46. The van der Waals surface area contributed by atoms with E-state index < -0.39 is 0 Å². The third-order valence-corrected chi connectivity index (χ3v) is 3.67. The molecule has 1 aromatic carbocycles. The number of aliphatic hydroxyl groups is 1. The van der Waals surface area contributed by atoms with Crippen LogP contribution in [0.15, 0.2) is 22.6 Å². The van der Waals surface area contributed by atoms with Crippen molar-refractivity contribution in [2.45, 2.75) is 25.6 Å². The summed E-state index contributed by atoms with van der Waals surface area (Å²) in [4.78, 5) is 6.65. The molecule has 0 radical (unpaired) electrons. The minimum atomic E-state index is -0.138. The zero-order valence-electron chi connectivity index (χ0n) is 11.5. The van der Waals surface area contributed by atoms with Crippen LogP contribution < -0.4 is 5.73 Å². The van der Waals surface area contributed by atoms with Gasteiger partial charge in [-0.1, -0.05) is 6.07 Å². The SMILES string of the molecule is CC1COC(CO)CN1Cc1nc2c(N)cccc2o1. The highest BCUT2D eigenvalue weighted by molar-refractivity contribution is 5.85. The molecule has 2 heterocycles. The van der Waals surface area contributed by atoms with Gasteiger partial charge in [0.25, 0.3) is 0 Å². The highest BCUT2D eigenvalue weighted by Crippen LogP contribution is 2.23. The van der Waals surface area contributed by atoms with E-state index in [0.29, 0.717) is 42.4 Å². The van der Waals surface area contributed by atoms with Gasteiger partial charge in [0.05, 0.1) is 31.5 Å². The van der Waals surface area contributed by atoms with E-state index in [1.165, 1.54) is 0 Å². The lowest BCUT2D eigenvalue weighted by molar-refractivity contribution is -0.0823. The second-order valence-electron chi connectivity index (χ2n) is 5.22. The number of hydrogen-bond donors (Lipinski definition) is 2. The number of oxazole rings is 1. The van der Waals surface area contributed by atoms with Gasteiger partial charge < -0.3 is 20.0 Å². The maximum Gasteiger partial charge on any atom is 0.209 e. The van der Waals surface area contributed by atoms with Gasteiger partial charge in [0, 0.05) is 12.6 Å². The van der Waals surface area contributed by atoms with E-state index in [9.17, 15) is 5.11 Å². The second-order valence-corrected chi connectivity index (χ2v) is 5.22. The molecule has 108 valence electrons. The topological polar surface area (TPSA) is 84.8 Å². The summed E-state index contributed by atoms with van der Waals surface area (Å²) in [5.41, 5.74) is 7.93. The molecular weight excluding hydrogens is 258 g/mol. The van der Waals surface area contributed by atoms with Crippen molar-refractivity contribution in [3.8, 4) is 0 Å². The first kappa shape index (κ1) is 13.4. The molecule has 0 aliphatic carbocycles. The number of fused-ring (bicyclic) bond motifs is 1. The fraction of sp³-hybridized carbons (Fsp3) is 0.500. The van der Waals surface area contributed by atoms with Crippen LogP contribution in [0.1, 0.15) is 12.8 Å². The van der Waals surface area contributed by atoms with Crippen molar-refractivity contribution < 1.29 is 14.3 Å². The van der Waals surface area contributed by atoms with Crippen molar-refractivity contribution in [3.05, 3.63) is 24.1 Å². The minimum absolute atomic E-state index is 0.0315. The predicted molar refractivity (Wildman–Crippen MR) is 75.1 cm³/mol. The molecule has 2 unspecified atom stereocenters. The van der Waals surface area contributed by atoms with E-state index in [4.69, 9.17) is 14.9 Å². The van der Waals surface area contributed by atoms with Crippen LogP contribution in [0.25, 0.3) is 11.1 Å². The normalized spacial score (nSPS) is 24.3. The molecular formula is C14H19N3O3. The summed E-state index contributed by atoms with van der Waals surface area (Å²) < 4.78 is 11.3. The molecule has 1 aromatic heterocycles. The first-order valence-electron chi connectivity index (χ1n) is 6.78. The lowest BCUT2D eigenvalue weighted by atomic mass is 10.2. The van der Waals surface area contributed by atoms with Crippen LogP contribution in [0.5, 0.6) is 0 Å². The molecule has 1 fully saturated rings. The summed E-state index contributed by atoms with van der Waals surface area (Å²) in [6.45, 7) is 3.99. The molecule has 0 amide bonds. The van der Waals surface area contributed by atoms with Crippen LogP contribution in [-0.2, 0) is 11.3 Å². The number of rotatable bonds is 3. The number of anilines is 1. The third kappa shape index (κ3) is 2.49. The Bertz CT molecular complexity index is 598. The molecule has 3 N–H and O–H groups in total. The predicted octanol–water partition coefficient (Wildman–Crippen LogP) is 0.992. The fourth-order valence-corrected chi connectivity index (χ4v) is 2.46. The van der Waals surface area contributed by atoms with E-state index in [2.05, 4.69) is 16.8 Å². The number of para-hydroxylation sites is 1. The number of benzene rings is 1. The smallest absolute Gasteiger partial charge is 0.209 e. The van der Waals surface area contributed by atoms with Gasteiger partial charge in [0.15, 0.2) is 5.58 Å². The number of nitrogen functional groups attached to an aromatic ring is 1. The third-order valence-electron chi connectivity index (χ3n) is 3.67. The van der Waals surface area contributed by atoms with E-state index in [-0.39, 0.29) is 18.8 Å². The zero-order valence-corrected chi connectivity index (χ0v) is 11.5. The van der Waals surface area contributed by atoms with Crippen molar-refractivity contribution in [1.82, 2.24) is 9.88 Å². The van der Waals surface area contributed by atoms with Crippen molar-refractivity contribution in [3.63, 3.8) is 0 Å². The summed E-state index contributed by atoms with van der Waals surface area (Å²) in [6, 6.07) is 5.80. The molecule has 20 heavy (non-hydrogen) atoms. The maximum absolute atomic E-state index is 9.20. The van der Waals surface area contributed by atoms with Crippen molar-refractivity contribution in [2.24, 2.45) is 0 Å². The average molecular weight is 277 g/mol. The summed E-state index contributed by atoms with van der Waals surface area (Å²) in [5.74, 6) is 0.642. The second kappa shape index (κ2) is 5.40. The number of aromatic nitrogens is 1. The van der Waals surface area contributed by atoms with Crippen LogP contribution in [0.3, 0.4) is 0 Å². The Labute approximate surface area is 117 Å². The van der Waals surface area contributed by atoms with Crippen LogP contribution in [0.4, 0.5) is 5.69 Å². The Kier molecular flexibility index (Phi) is 3.60. The summed E-state index contributed by atoms with van der Waals surface area (Å²) >= 11 is 0. The first-order valence-corrected chi connectivity index (χ1v) is 6.78. The number of aliphatic hydroxyl groups excluding tert-OH is 1. The molecule has 0 spiro atoms. The monoisotopic (exact) mass is 277 g/mol. The molecule has 0 bridgehead atoms. The largest absolute Gasteiger partial charge is 0.439 e. The summed E-state index contributed by atoms with van der Waals surface area (Å²) in [7, 11) is 0. The molecule has 6 heteroatoms. The van der Waals surface area contributed by atoms with E-state index in [0.717, 1.165) is 0 Å². The molecule has 2 atom stereocenters. The molecule has 2 aromatic rings. The van der Waals surface area contributed by atoms with Gasteiger partial charge in [-0.05, 0) is 19.1 Å². The van der Waals surface area contributed by atoms with Crippen LogP contribution in [0, 0.1) is 0 Å². The van der Waals surface area contributed by atoms with Gasteiger partial charge in [-0.25, -0.2) is 4.98 Å². The van der Waals surface area contributed by atoms with Gasteiger partial charge in [0.1, 0.15) is 5.52 Å². The van der Waals surface area contributed by atoms with Crippen molar-refractivity contribution >= 4 is 16.8 Å². The standard InChI is InChI=1S/C14H19N3O3/c1-9-8-19-10(7-18)5-17(9)6-13-16-14-11(15)3-2-4-12(14)20-13/h2-4,9-10,18H,5-8,15H2,1H3. The quantitative estimate of drug-likeness (QED) is 0.814. The van der Waals surface area contributed by atoms with Crippen LogP contribution in [-0.4, -0.2) is 46.9 Å². The van der Waals surface area contributed by atoms with E-state index >= 15 is 0 Å². The maximum atomic E-state index is 9.20. The Morgan fingerprint density at radius 2 is 2.35 bits per heavy atom. The number of nitrogens with two attached hydrogens (primary N) is 1. The highest BCUT2D eigenvalue weighted by Gasteiger charge is 2.26. The average Bonchev–Trinajstić information content (AvgIpc) is 2.85. The minimum Gasteiger partial charge on any atom is -0.439 e. The van der Waals surface area contributed by atoms with Crippen molar-refractivity contribution in [2.75, 3.05) is 25.5 Å². The number of morpholine rings is 1. The summed E-state index contributed by atoms with van der Waals surface area (Å²) in [6.07, 6.45) is -0.138. The lowest BCUT2D eigenvalue weighted by Gasteiger charge is -2.36. The lowest BCUT2D eigenvalue weighted by Crippen LogP contribution is -2.48. The van der Waals surface area contributed by atoms with Gasteiger partial charge in [-0.15, -0.1) is 0 Å². The summed E-state index contributed by atoms with van der Waals surface area (Å²) in [5, 5.41) is 9.20. The van der Waals surface area contributed by atoms with Gasteiger partial charge in [-0.3, -0.25) is 4.90 Å². The Hall–Kier alpha value is -1.63. The number of nitrogens with zero attached hydrogens (tertiary/aromatic N) is 2. The molecule has 3 rings (SSSR count). The first-order chi connectivity index (χ1) is 9.67. The molecule has 1 saturated heterocycles. The molecule has 1 aliphatic heterocycles. The Morgan fingerprint density at radius 1 is 1.50 bits per heavy atom. The van der Waals surface area contributed by atoms with E-state index in [1.54, 1.807) is 0 Å². The van der Waals surface area contributed by atoms with Gasteiger partial charge >= 0.3 is 0 Å². The number of hydrogen-bond acceptors (Lipinski definition) is 6. The Morgan fingerprint density at radius 3 is 3.10 bits per heavy atom. The van der Waals surface area contributed by atoms with Crippen LogP contribution >= 0.6 is 0 Å². The Balaban J connectivity index is 1.79. The zero-order chi connectivity index (χ0) is 14.1. The number of ether oxygens (including phenoxy) is 1. The van der Waals surface area contributed by atoms with Gasteiger partial charge in [0.2, 0.25) is 5.89 Å². The molecule has 6 nitrogen and oxygen atoms in total. The molecule has 1 aliphatic rings. The van der Waals surface area contributed by atoms with E-state index in [1.807, 2.05) is 18.2 Å². The van der Waals surface area contributed by atoms with Crippen molar-refractivity contribution in [1.29, 1.82) is 0 Å². The highest BCUT2D eigenvalue weighted by atomic mass is 16.5.